The molecule has 3 aliphatic carbocycles. The summed E-state index contributed by atoms with van der Waals surface area (Å²) in [6, 6.07) is 0. The summed E-state index contributed by atoms with van der Waals surface area (Å²) in [6.07, 6.45) is 10.7. The topological polar surface area (TPSA) is 12.5 Å². The summed E-state index contributed by atoms with van der Waals surface area (Å²) in [5.74, 6) is 3.20. The van der Waals surface area contributed by atoms with E-state index in [0.29, 0.717) is 12.2 Å². The second kappa shape index (κ2) is 1.34. The normalized spacial score (nSPS) is 66.9. The molecule has 0 aromatic rings. The minimum absolute atomic E-state index is 0.608. The molecule has 0 spiro atoms. The highest BCUT2D eigenvalue weighted by Crippen LogP contribution is 2.60. The molecule has 0 aromatic carbocycles. The first-order valence-electron chi connectivity index (χ1n) is 4.47. The Hall–Kier alpha value is -0.560. The van der Waals surface area contributed by atoms with Crippen molar-refractivity contribution in [3.05, 3.63) is 24.3 Å². The SMILES string of the molecule is C1=C[C@@H]2C3C1C=C[C@H]3[C@H]1O[C@H]12. The number of hydrogen-bond acceptors (Lipinski definition) is 1. The lowest BCUT2D eigenvalue weighted by molar-refractivity contribution is 0.197. The summed E-state index contributed by atoms with van der Waals surface area (Å²) in [5, 5.41) is 0. The molecule has 1 heterocycles. The van der Waals surface area contributed by atoms with Crippen molar-refractivity contribution in [3.8, 4) is 0 Å². The number of allylic oxidation sites excluding steroid dienone is 2. The zero-order valence-electron chi connectivity index (χ0n) is 6.18. The van der Waals surface area contributed by atoms with Crippen molar-refractivity contribution < 1.29 is 4.74 Å². The number of epoxide rings is 1. The van der Waals surface area contributed by atoms with E-state index in [-0.39, 0.29) is 0 Å². The van der Waals surface area contributed by atoms with Gasteiger partial charge in [0.1, 0.15) is 0 Å². The maximum atomic E-state index is 5.59. The third kappa shape index (κ3) is 0.416. The number of hydrogen-bond donors (Lipinski definition) is 0. The minimum atomic E-state index is 0.608. The van der Waals surface area contributed by atoms with E-state index in [0.717, 1.165) is 23.7 Å². The maximum Gasteiger partial charge on any atom is 0.0913 e. The predicted octanol–water partition coefficient (Wildman–Crippen LogP) is 1.37. The molecule has 0 radical (unpaired) electrons. The minimum Gasteiger partial charge on any atom is -0.368 e. The van der Waals surface area contributed by atoms with E-state index in [1.807, 2.05) is 0 Å². The van der Waals surface area contributed by atoms with Gasteiger partial charge in [0.15, 0.2) is 0 Å². The quantitative estimate of drug-likeness (QED) is 0.371. The third-order valence-corrected chi connectivity index (χ3v) is 3.76. The third-order valence-electron chi connectivity index (χ3n) is 3.76. The van der Waals surface area contributed by atoms with E-state index < -0.39 is 0 Å². The van der Waals surface area contributed by atoms with Crippen LogP contribution < -0.4 is 0 Å². The molecular formula is C10H10O. The van der Waals surface area contributed by atoms with Crippen LogP contribution in [0.1, 0.15) is 0 Å². The standard InChI is InChI=1S/C10H10O/c1-3-6-8-5(1)2-4-7(8)10-9(6)11-10/h1-10H/t5?,6-,7-,8?,9-,10+/m1/s1. The van der Waals surface area contributed by atoms with Gasteiger partial charge in [0, 0.05) is 11.8 Å². The van der Waals surface area contributed by atoms with Gasteiger partial charge in [-0.1, -0.05) is 24.3 Å². The molecule has 1 saturated carbocycles. The van der Waals surface area contributed by atoms with Gasteiger partial charge in [0.2, 0.25) is 0 Å². The summed E-state index contributed by atoms with van der Waals surface area (Å²) in [7, 11) is 0. The number of fused-ring (bicyclic) bond motifs is 3. The van der Waals surface area contributed by atoms with Crippen molar-refractivity contribution in [1.82, 2.24) is 0 Å². The van der Waals surface area contributed by atoms with E-state index in [4.69, 9.17) is 4.74 Å². The van der Waals surface area contributed by atoms with Gasteiger partial charge < -0.3 is 4.74 Å². The van der Waals surface area contributed by atoms with Gasteiger partial charge >= 0.3 is 0 Å². The molecule has 11 heavy (non-hydrogen) atoms. The largest absolute Gasteiger partial charge is 0.368 e. The first-order valence-corrected chi connectivity index (χ1v) is 4.47. The molecule has 0 aromatic heterocycles. The fourth-order valence-electron chi connectivity index (χ4n) is 3.27. The van der Waals surface area contributed by atoms with Crippen molar-refractivity contribution >= 4 is 0 Å². The van der Waals surface area contributed by atoms with Crippen LogP contribution in [0.2, 0.25) is 0 Å². The van der Waals surface area contributed by atoms with Gasteiger partial charge in [0.05, 0.1) is 12.2 Å². The van der Waals surface area contributed by atoms with Crippen LogP contribution in [0.5, 0.6) is 0 Å². The molecule has 6 atom stereocenters. The average molecular weight is 146 g/mol. The number of ether oxygens (including phenoxy) is 1. The molecule has 2 unspecified atom stereocenters. The first-order chi connectivity index (χ1) is 5.45. The van der Waals surface area contributed by atoms with Crippen LogP contribution in [0.15, 0.2) is 24.3 Å². The fourth-order valence-corrected chi connectivity index (χ4v) is 3.27. The van der Waals surface area contributed by atoms with E-state index >= 15 is 0 Å². The molecule has 4 aliphatic rings. The van der Waals surface area contributed by atoms with E-state index in [1.165, 1.54) is 0 Å². The highest BCUT2D eigenvalue weighted by atomic mass is 16.6. The lowest BCUT2D eigenvalue weighted by atomic mass is 9.89. The Bertz CT molecular complexity index is 253. The summed E-state index contributed by atoms with van der Waals surface area (Å²) in [5.41, 5.74) is 0. The zero-order valence-corrected chi connectivity index (χ0v) is 6.18. The number of rotatable bonds is 0. The lowest BCUT2D eigenvalue weighted by Crippen LogP contribution is -2.16. The van der Waals surface area contributed by atoms with Crippen LogP contribution >= 0.6 is 0 Å². The molecule has 0 amide bonds. The Morgan fingerprint density at radius 1 is 0.818 bits per heavy atom. The van der Waals surface area contributed by atoms with Crippen LogP contribution in [0.25, 0.3) is 0 Å². The Labute approximate surface area is 65.7 Å². The zero-order chi connectivity index (χ0) is 7.00. The summed E-state index contributed by atoms with van der Waals surface area (Å²) >= 11 is 0. The monoisotopic (exact) mass is 146 g/mol. The first kappa shape index (κ1) is 5.15. The average Bonchev–Trinajstić information content (AvgIpc) is 2.49. The van der Waals surface area contributed by atoms with Crippen LogP contribution in [0.3, 0.4) is 0 Å². The summed E-state index contributed by atoms with van der Waals surface area (Å²) in [4.78, 5) is 0. The Morgan fingerprint density at radius 3 is 2.09 bits per heavy atom. The smallest absolute Gasteiger partial charge is 0.0913 e. The Balaban J connectivity index is 1.92. The maximum absolute atomic E-state index is 5.59. The summed E-state index contributed by atoms with van der Waals surface area (Å²) in [6.45, 7) is 0. The molecule has 1 aliphatic heterocycles. The molecule has 4 rings (SSSR count). The molecule has 0 N–H and O–H groups in total. The Kier molecular flexibility index (Phi) is 0.625. The molecule has 56 valence electrons. The molecule has 1 nitrogen and oxygen atoms in total. The van der Waals surface area contributed by atoms with Gasteiger partial charge in [-0.15, -0.1) is 0 Å². The Morgan fingerprint density at radius 2 is 1.45 bits per heavy atom. The van der Waals surface area contributed by atoms with Gasteiger partial charge in [-0.05, 0) is 11.8 Å². The highest BCUT2D eigenvalue weighted by Gasteiger charge is 2.63. The van der Waals surface area contributed by atoms with Crippen LogP contribution in [-0.2, 0) is 4.74 Å². The molecule has 2 fully saturated rings. The second-order valence-electron chi connectivity index (χ2n) is 4.14. The predicted molar refractivity (Wildman–Crippen MR) is 40.9 cm³/mol. The van der Waals surface area contributed by atoms with Gasteiger partial charge in [-0.25, -0.2) is 0 Å². The van der Waals surface area contributed by atoms with E-state index in [9.17, 15) is 0 Å². The molecule has 1 heteroatoms. The molecule has 0 bridgehead atoms. The highest BCUT2D eigenvalue weighted by molar-refractivity contribution is 5.31. The van der Waals surface area contributed by atoms with Crippen LogP contribution in [-0.4, -0.2) is 12.2 Å². The fraction of sp³-hybridized carbons (Fsp3) is 0.600. The van der Waals surface area contributed by atoms with Crippen molar-refractivity contribution in [2.24, 2.45) is 23.7 Å². The second-order valence-corrected chi connectivity index (χ2v) is 4.14. The van der Waals surface area contributed by atoms with E-state index in [1.54, 1.807) is 0 Å². The summed E-state index contributed by atoms with van der Waals surface area (Å²) < 4.78 is 5.59. The van der Waals surface area contributed by atoms with Crippen molar-refractivity contribution in [1.29, 1.82) is 0 Å². The van der Waals surface area contributed by atoms with Crippen molar-refractivity contribution in [2.45, 2.75) is 12.2 Å². The van der Waals surface area contributed by atoms with E-state index in [2.05, 4.69) is 24.3 Å². The van der Waals surface area contributed by atoms with Crippen molar-refractivity contribution in [2.75, 3.05) is 0 Å². The van der Waals surface area contributed by atoms with Gasteiger partial charge in [-0.2, -0.15) is 0 Å². The van der Waals surface area contributed by atoms with Gasteiger partial charge in [-0.3, -0.25) is 0 Å². The van der Waals surface area contributed by atoms with Crippen molar-refractivity contribution in [3.63, 3.8) is 0 Å². The molecular weight excluding hydrogens is 136 g/mol. The molecule has 1 saturated heterocycles. The van der Waals surface area contributed by atoms with Crippen LogP contribution in [0, 0.1) is 23.7 Å². The van der Waals surface area contributed by atoms with Gasteiger partial charge in [0.25, 0.3) is 0 Å². The lowest BCUT2D eigenvalue weighted by Gasteiger charge is -2.17. The van der Waals surface area contributed by atoms with Crippen LogP contribution in [0.4, 0.5) is 0 Å².